The van der Waals surface area contributed by atoms with Crippen LogP contribution in [-0.2, 0) is 9.36 Å². The molecule has 0 aromatic heterocycles. The van der Waals surface area contributed by atoms with Crippen LogP contribution in [0.1, 0.15) is 57.4 Å². The summed E-state index contributed by atoms with van der Waals surface area (Å²) in [6.45, 7) is 3.95. The highest BCUT2D eigenvalue weighted by Crippen LogP contribution is 2.40. The number of carboxylic acids is 1. The van der Waals surface area contributed by atoms with Gasteiger partial charge in [-0.25, -0.2) is 0 Å². The fourth-order valence-electron chi connectivity index (χ4n) is 1.93. The third-order valence-corrected chi connectivity index (χ3v) is 4.51. The monoisotopic (exact) mass is 345 g/mol. The first-order chi connectivity index (χ1) is 10.7. The molecule has 0 saturated carbocycles. The molecule has 0 aliphatic heterocycles. The molecule has 0 spiro atoms. The van der Waals surface area contributed by atoms with Gasteiger partial charge in [-0.1, -0.05) is 63.4 Å². The highest BCUT2D eigenvalue weighted by atomic mass is 31.2. The summed E-state index contributed by atoms with van der Waals surface area (Å²) in [5, 5.41) is 8.55. The van der Waals surface area contributed by atoms with Gasteiger partial charge in [-0.15, -0.1) is 0 Å². The Bertz CT molecular complexity index is 489. The molecule has 0 heterocycles. The second kappa shape index (κ2) is 11.4. The second-order valence-electron chi connectivity index (χ2n) is 5.56. The number of hydrogen-bond donors (Lipinski definition) is 4. The lowest BCUT2D eigenvalue weighted by Gasteiger charge is -2.12. The number of aliphatic carboxylic acids is 1. The Kier molecular flexibility index (Phi) is 10.8. The maximum Gasteiger partial charge on any atom is 0.342 e. The van der Waals surface area contributed by atoms with Gasteiger partial charge in [0.1, 0.15) is 5.78 Å². The lowest BCUT2D eigenvalue weighted by molar-refractivity contribution is -0.137. The molecule has 6 nitrogen and oxygen atoms in total. The normalized spacial score (nSPS) is 13.6. The third-order valence-electron chi connectivity index (χ3n) is 3.38. The van der Waals surface area contributed by atoms with Gasteiger partial charge in [0.2, 0.25) is 0 Å². The molecule has 0 radical (unpaired) electrons. The summed E-state index contributed by atoms with van der Waals surface area (Å²) in [6, 6.07) is 9.68. The van der Waals surface area contributed by atoms with E-state index in [2.05, 4.69) is 0 Å². The number of hydrogen-bond acceptors (Lipinski definition) is 3. The van der Waals surface area contributed by atoms with Crippen LogP contribution in [0.15, 0.2) is 30.3 Å². The first kappa shape index (κ1) is 21.8. The molecule has 0 bridgehead atoms. The molecule has 23 heavy (non-hydrogen) atoms. The molecule has 0 aliphatic carbocycles. The molecule has 7 heteroatoms. The maximum atomic E-state index is 10.5. The van der Waals surface area contributed by atoms with Crippen LogP contribution in [0.2, 0.25) is 0 Å². The van der Waals surface area contributed by atoms with Gasteiger partial charge in [0.25, 0.3) is 0 Å². The van der Waals surface area contributed by atoms with Crippen molar-refractivity contribution < 1.29 is 24.3 Å². The first-order valence-corrected chi connectivity index (χ1v) is 9.44. The van der Waals surface area contributed by atoms with E-state index in [1.807, 2.05) is 44.2 Å². The molecule has 2 atom stereocenters. The number of nitrogens with two attached hydrogens (primary N) is 1. The van der Waals surface area contributed by atoms with Gasteiger partial charge < -0.3 is 20.6 Å². The third kappa shape index (κ3) is 11.0. The summed E-state index contributed by atoms with van der Waals surface area (Å²) in [5.74, 6) is -1.61. The summed E-state index contributed by atoms with van der Waals surface area (Å²) in [7, 11) is -4.02. The minimum absolute atomic E-state index is 0.101. The Morgan fingerprint density at radius 2 is 1.78 bits per heavy atom. The lowest BCUT2D eigenvalue weighted by Crippen LogP contribution is -2.19. The molecular weight excluding hydrogens is 317 g/mol. The van der Waals surface area contributed by atoms with Crippen LogP contribution in [0.4, 0.5) is 0 Å². The van der Waals surface area contributed by atoms with Crippen molar-refractivity contribution in [1.82, 2.24) is 0 Å². The topological polar surface area (TPSA) is 121 Å². The Morgan fingerprint density at radius 3 is 2.22 bits per heavy atom. The van der Waals surface area contributed by atoms with Gasteiger partial charge in [-0.2, -0.15) is 0 Å². The van der Waals surface area contributed by atoms with E-state index in [0.717, 1.165) is 24.8 Å². The molecule has 1 aromatic rings. The van der Waals surface area contributed by atoms with Crippen LogP contribution in [-0.4, -0.2) is 26.6 Å². The molecule has 1 rings (SSSR count). The molecule has 0 aliphatic rings. The standard InChI is InChI=1S/C10H12O2.C6H16NO3P/c1-8(7-10(11)12)9-5-3-2-4-6-9;1-2-3-4-5-6(7)11(8,9)10/h2-6,8H,7H2,1H3,(H,11,12);6H,2-5,7H2,1H3,(H2,8,9,10)/t8-;6-/m00/s1. The van der Waals surface area contributed by atoms with E-state index in [0.29, 0.717) is 6.42 Å². The number of unbranched alkanes of at least 4 members (excludes halogenated alkanes) is 2. The van der Waals surface area contributed by atoms with Gasteiger partial charge >= 0.3 is 13.6 Å². The SMILES string of the molecule is CCCCC[C@@H](N)P(=O)(O)O.C[C@@H](CC(=O)O)c1ccccc1. The van der Waals surface area contributed by atoms with Crippen LogP contribution >= 0.6 is 7.60 Å². The molecule has 0 amide bonds. The van der Waals surface area contributed by atoms with E-state index in [1.165, 1.54) is 0 Å². The molecule has 0 fully saturated rings. The second-order valence-corrected chi connectivity index (χ2v) is 7.40. The van der Waals surface area contributed by atoms with Gasteiger partial charge in [0.05, 0.1) is 6.42 Å². The number of benzene rings is 1. The highest BCUT2D eigenvalue weighted by molar-refractivity contribution is 7.52. The van der Waals surface area contributed by atoms with E-state index < -0.39 is 19.3 Å². The van der Waals surface area contributed by atoms with Crippen LogP contribution in [0.5, 0.6) is 0 Å². The van der Waals surface area contributed by atoms with E-state index >= 15 is 0 Å². The largest absolute Gasteiger partial charge is 0.481 e. The number of carbonyl (C=O) groups is 1. The predicted molar refractivity (Wildman–Crippen MR) is 91.3 cm³/mol. The summed E-state index contributed by atoms with van der Waals surface area (Å²) < 4.78 is 10.5. The number of carboxylic acid groups (broad SMARTS) is 1. The first-order valence-electron chi connectivity index (χ1n) is 7.76. The molecule has 0 saturated heterocycles. The fraction of sp³-hybridized carbons (Fsp3) is 0.562. The average Bonchev–Trinajstić information content (AvgIpc) is 2.47. The Morgan fingerprint density at radius 1 is 1.22 bits per heavy atom. The van der Waals surface area contributed by atoms with Crippen LogP contribution in [0, 0.1) is 0 Å². The van der Waals surface area contributed by atoms with E-state index in [-0.39, 0.29) is 12.3 Å². The van der Waals surface area contributed by atoms with Crippen molar-refractivity contribution in [3.8, 4) is 0 Å². The smallest absolute Gasteiger partial charge is 0.342 e. The fourth-order valence-corrected chi connectivity index (χ4v) is 2.45. The zero-order valence-corrected chi connectivity index (χ0v) is 14.7. The minimum Gasteiger partial charge on any atom is -0.481 e. The van der Waals surface area contributed by atoms with Crippen LogP contribution in [0.25, 0.3) is 0 Å². The minimum atomic E-state index is -4.02. The van der Waals surface area contributed by atoms with Gasteiger partial charge in [-0.05, 0) is 17.9 Å². The zero-order valence-electron chi connectivity index (χ0n) is 13.8. The Balaban J connectivity index is 0.000000423. The van der Waals surface area contributed by atoms with Crippen molar-refractivity contribution in [2.24, 2.45) is 5.73 Å². The van der Waals surface area contributed by atoms with Crippen molar-refractivity contribution in [1.29, 1.82) is 0 Å². The van der Waals surface area contributed by atoms with Gasteiger partial charge in [0, 0.05) is 0 Å². The zero-order chi connectivity index (χ0) is 17.9. The van der Waals surface area contributed by atoms with Crippen molar-refractivity contribution >= 4 is 13.6 Å². The van der Waals surface area contributed by atoms with Crippen molar-refractivity contribution in [2.45, 2.75) is 57.7 Å². The van der Waals surface area contributed by atoms with E-state index in [4.69, 9.17) is 20.6 Å². The van der Waals surface area contributed by atoms with E-state index in [1.54, 1.807) is 0 Å². The number of rotatable bonds is 8. The molecule has 5 N–H and O–H groups in total. The van der Waals surface area contributed by atoms with Crippen molar-refractivity contribution in [3.05, 3.63) is 35.9 Å². The van der Waals surface area contributed by atoms with Crippen molar-refractivity contribution in [2.75, 3.05) is 0 Å². The summed E-state index contributed by atoms with van der Waals surface area (Å²) >= 11 is 0. The summed E-state index contributed by atoms with van der Waals surface area (Å²) in [4.78, 5) is 27.5. The van der Waals surface area contributed by atoms with Crippen LogP contribution in [0.3, 0.4) is 0 Å². The summed E-state index contributed by atoms with van der Waals surface area (Å²) in [5.41, 5.74) is 6.31. The van der Waals surface area contributed by atoms with Crippen LogP contribution < -0.4 is 5.73 Å². The molecule has 132 valence electrons. The molecular formula is C16H28NO5P. The highest BCUT2D eigenvalue weighted by Gasteiger charge is 2.23. The van der Waals surface area contributed by atoms with E-state index in [9.17, 15) is 9.36 Å². The van der Waals surface area contributed by atoms with Gasteiger partial charge in [0.15, 0.2) is 0 Å². The quantitative estimate of drug-likeness (QED) is 0.424. The lowest BCUT2D eigenvalue weighted by atomic mass is 9.98. The van der Waals surface area contributed by atoms with Crippen molar-refractivity contribution in [3.63, 3.8) is 0 Å². The summed E-state index contributed by atoms with van der Waals surface area (Å²) in [6.07, 6.45) is 3.42. The predicted octanol–water partition coefficient (Wildman–Crippen LogP) is 3.29. The average molecular weight is 345 g/mol. The molecule has 0 unspecified atom stereocenters. The molecule has 1 aromatic carbocycles. The maximum absolute atomic E-state index is 10.5. The Hall–Kier alpha value is -1.20. The van der Waals surface area contributed by atoms with Gasteiger partial charge in [-0.3, -0.25) is 9.36 Å². The Labute approximate surface area is 137 Å².